The summed E-state index contributed by atoms with van der Waals surface area (Å²) in [7, 11) is 0. The normalized spacial score (nSPS) is 12.4. The van der Waals surface area contributed by atoms with E-state index in [2.05, 4.69) is 53.4 Å². The van der Waals surface area contributed by atoms with Gasteiger partial charge in [0.05, 0.1) is 18.3 Å². The van der Waals surface area contributed by atoms with E-state index in [1.165, 1.54) is 11.3 Å². The van der Waals surface area contributed by atoms with Gasteiger partial charge in [-0.1, -0.05) is 17.7 Å². The van der Waals surface area contributed by atoms with E-state index in [9.17, 15) is 0 Å². The first kappa shape index (κ1) is 14.0. The number of aromatic nitrogens is 1. The van der Waals surface area contributed by atoms with Gasteiger partial charge in [0.1, 0.15) is 5.01 Å². The largest absolute Gasteiger partial charge is 0.366 e. The molecule has 0 aliphatic carbocycles. The Hall–Kier alpha value is -1.39. The fourth-order valence-corrected chi connectivity index (χ4v) is 2.71. The maximum atomic E-state index is 5.85. The molecule has 1 unspecified atom stereocenters. The van der Waals surface area contributed by atoms with Crippen molar-refractivity contribution in [3.63, 3.8) is 0 Å². The monoisotopic (exact) mass is 275 g/mol. The van der Waals surface area contributed by atoms with Gasteiger partial charge in [-0.05, 0) is 32.9 Å². The third kappa shape index (κ3) is 3.55. The molecular formula is C15H21N3S. The van der Waals surface area contributed by atoms with Crippen LogP contribution in [0.1, 0.15) is 36.2 Å². The van der Waals surface area contributed by atoms with Crippen LogP contribution < -0.4 is 10.6 Å². The first-order valence-corrected chi connectivity index (χ1v) is 7.49. The molecule has 1 atom stereocenters. The number of rotatable bonds is 5. The zero-order valence-electron chi connectivity index (χ0n) is 11.8. The summed E-state index contributed by atoms with van der Waals surface area (Å²) < 4.78 is 0. The highest BCUT2D eigenvalue weighted by Crippen LogP contribution is 2.20. The number of hydrogen-bond acceptors (Lipinski definition) is 4. The minimum absolute atomic E-state index is 0.0215. The van der Waals surface area contributed by atoms with E-state index >= 15 is 0 Å². The van der Waals surface area contributed by atoms with Crippen LogP contribution in [0.4, 0.5) is 5.69 Å². The Bertz CT molecular complexity index is 516. The summed E-state index contributed by atoms with van der Waals surface area (Å²) in [5.41, 5.74) is 9.47. The Kier molecular flexibility index (Phi) is 4.56. The van der Waals surface area contributed by atoms with Crippen LogP contribution in [0.25, 0.3) is 0 Å². The zero-order valence-corrected chi connectivity index (χ0v) is 12.6. The van der Waals surface area contributed by atoms with Gasteiger partial charge >= 0.3 is 0 Å². The second kappa shape index (κ2) is 6.17. The lowest BCUT2D eigenvalue weighted by Crippen LogP contribution is -2.22. The van der Waals surface area contributed by atoms with Crippen molar-refractivity contribution in [2.45, 2.75) is 33.4 Å². The summed E-state index contributed by atoms with van der Waals surface area (Å²) in [5.74, 6) is 0. The number of aryl methyl sites for hydroxylation is 1. The lowest BCUT2D eigenvalue weighted by atomic mass is 10.2. The van der Waals surface area contributed by atoms with Crippen LogP contribution in [0.15, 0.2) is 29.6 Å². The van der Waals surface area contributed by atoms with Crippen molar-refractivity contribution >= 4 is 17.0 Å². The quantitative estimate of drug-likeness (QED) is 0.908. The number of thiazole rings is 1. The third-order valence-electron chi connectivity index (χ3n) is 3.09. The molecule has 0 fully saturated rings. The van der Waals surface area contributed by atoms with Crippen molar-refractivity contribution in [2.24, 2.45) is 5.73 Å². The van der Waals surface area contributed by atoms with Gasteiger partial charge < -0.3 is 10.6 Å². The van der Waals surface area contributed by atoms with Crippen LogP contribution in [0.3, 0.4) is 0 Å². The van der Waals surface area contributed by atoms with Crippen LogP contribution in [-0.4, -0.2) is 11.5 Å². The number of anilines is 1. The second-order valence-corrected chi connectivity index (χ2v) is 5.71. The van der Waals surface area contributed by atoms with Crippen LogP contribution in [0, 0.1) is 6.92 Å². The Morgan fingerprint density at radius 2 is 2.00 bits per heavy atom. The topological polar surface area (TPSA) is 42.1 Å². The van der Waals surface area contributed by atoms with Gasteiger partial charge in [0.2, 0.25) is 0 Å². The van der Waals surface area contributed by atoms with Crippen molar-refractivity contribution in [2.75, 3.05) is 11.4 Å². The van der Waals surface area contributed by atoms with E-state index < -0.39 is 0 Å². The third-order valence-corrected chi connectivity index (χ3v) is 4.19. The summed E-state index contributed by atoms with van der Waals surface area (Å²) in [6.45, 7) is 8.05. The molecule has 0 aliphatic heterocycles. The molecule has 2 N–H and O–H groups in total. The molecule has 19 heavy (non-hydrogen) atoms. The number of nitrogens with zero attached hydrogens (tertiary/aromatic N) is 2. The molecular weight excluding hydrogens is 254 g/mol. The minimum Gasteiger partial charge on any atom is -0.366 e. The molecule has 0 bridgehead atoms. The molecule has 0 aliphatic rings. The molecule has 0 radical (unpaired) electrons. The number of hydrogen-bond donors (Lipinski definition) is 1. The number of nitrogens with two attached hydrogens (primary N) is 1. The summed E-state index contributed by atoms with van der Waals surface area (Å²) in [5, 5.41) is 3.12. The highest BCUT2D eigenvalue weighted by Gasteiger charge is 2.10. The molecule has 2 rings (SSSR count). The standard InChI is InChI=1S/C15H21N3S/c1-4-18(14-7-5-11(2)6-8-14)9-13-10-19-15(17-13)12(3)16/h5-8,10,12H,4,9,16H2,1-3H3. The van der Waals surface area contributed by atoms with Gasteiger partial charge in [-0.15, -0.1) is 11.3 Å². The van der Waals surface area contributed by atoms with Crippen LogP contribution in [0.5, 0.6) is 0 Å². The van der Waals surface area contributed by atoms with E-state index in [4.69, 9.17) is 5.73 Å². The maximum Gasteiger partial charge on any atom is 0.109 e. The molecule has 1 aromatic heterocycles. The van der Waals surface area contributed by atoms with E-state index in [0.29, 0.717) is 0 Å². The SMILES string of the molecule is CCN(Cc1csc(C(C)N)n1)c1ccc(C)cc1. The first-order chi connectivity index (χ1) is 9.10. The smallest absolute Gasteiger partial charge is 0.109 e. The van der Waals surface area contributed by atoms with Gasteiger partial charge in [-0.25, -0.2) is 4.98 Å². The van der Waals surface area contributed by atoms with Crippen molar-refractivity contribution in [1.82, 2.24) is 4.98 Å². The molecule has 0 saturated carbocycles. The van der Waals surface area contributed by atoms with Crippen LogP contribution in [0.2, 0.25) is 0 Å². The molecule has 4 heteroatoms. The van der Waals surface area contributed by atoms with E-state index in [1.54, 1.807) is 11.3 Å². The molecule has 102 valence electrons. The molecule has 0 saturated heterocycles. The number of benzene rings is 1. The van der Waals surface area contributed by atoms with Crippen molar-refractivity contribution < 1.29 is 0 Å². The maximum absolute atomic E-state index is 5.85. The Balaban J connectivity index is 2.12. The first-order valence-electron chi connectivity index (χ1n) is 6.61. The zero-order chi connectivity index (χ0) is 13.8. The van der Waals surface area contributed by atoms with Gasteiger partial charge in [0.25, 0.3) is 0 Å². The van der Waals surface area contributed by atoms with Crippen molar-refractivity contribution in [3.8, 4) is 0 Å². The highest BCUT2D eigenvalue weighted by atomic mass is 32.1. The second-order valence-electron chi connectivity index (χ2n) is 4.82. The predicted octanol–water partition coefficient (Wildman–Crippen LogP) is 3.50. The Morgan fingerprint density at radius 1 is 1.32 bits per heavy atom. The summed E-state index contributed by atoms with van der Waals surface area (Å²) in [6.07, 6.45) is 0. The van der Waals surface area contributed by atoms with E-state index in [1.807, 2.05) is 6.92 Å². The molecule has 1 aromatic carbocycles. The average molecular weight is 275 g/mol. The summed E-state index contributed by atoms with van der Waals surface area (Å²) in [4.78, 5) is 6.91. The van der Waals surface area contributed by atoms with Gasteiger partial charge in [0, 0.05) is 17.6 Å². The lowest BCUT2D eigenvalue weighted by molar-refractivity contribution is 0.775. The Labute approximate surface area is 119 Å². The highest BCUT2D eigenvalue weighted by molar-refractivity contribution is 7.09. The van der Waals surface area contributed by atoms with Crippen molar-refractivity contribution in [3.05, 3.63) is 45.9 Å². The van der Waals surface area contributed by atoms with Gasteiger partial charge in [-0.3, -0.25) is 0 Å². The van der Waals surface area contributed by atoms with Gasteiger partial charge in [0.15, 0.2) is 0 Å². The van der Waals surface area contributed by atoms with Gasteiger partial charge in [-0.2, -0.15) is 0 Å². The minimum atomic E-state index is 0.0215. The summed E-state index contributed by atoms with van der Waals surface area (Å²) >= 11 is 1.64. The lowest BCUT2D eigenvalue weighted by Gasteiger charge is -2.22. The van der Waals surface area contributed by atoms with Crippen LogP contribution >= 0.6 is 11.3 Å². The van der Waals surface area contributed by atoms with E-state index in [0.717, 1.165) is 23.8 Å². The Morgan fingerprint density at radius 3 is 2.53 bits per heavy atom. The molecule has 3 nitrogen and oxygen atoms in total. The molecule has 0 spiro atoms. The van der Waals surface area contributed by atoms with E-state index in [-0.39, 0.29) is 6.04 Å². The average Bonchev–Trinajstić information content (AvgIpc) is 2.86. The molecule has 2 aromatic rings. The molecule has 1 heterocycles. The van der Waals surface area contributed by atoms with Crippen molar-refractivity contribution in [1.29, 1.82) is 0 Å². The summed E-state index contributed by atoms with van der Waals surface area (Å²) in [6, 6.07) is 8.64. The fourth-order valence-electron chi connectivity index (χ4n) is 1.94. The fraction of sp³-hybridized carbons (Fsp3) is 0.400. The van der Waals surface area contributed by atoms with Crippen LogP contribution in [-0.2, 0) is 6.54 Å². The predicted molar refractivity (Wildman–Crippen MR) is 82.6 cm³/mol. The molecule has 0 amide bonds.